The van der Waals surface area contributed by atoms with Gasteiger partial charge in [0.15, 0.2) is 0 Å². The molecular weight excluding hydrogens is 158 g/mol. The van der Waals surface area contributed by atoms with Crippen molar-refractivity contribution in [3.05, 3.63) is 0 Å². The van der Waals surface area contributed by atoms with Crippen molar-refractivity contribution in [2.24, 2.45) is 11.3 Å². The largest absolute Gasteiger partial charge is 0.317 e. The van der Waals surface area contributed by atoms with Crippen LogP contribution in [0.4, 0.5) is 0 Å². The molecule has 1 aliphatic rings. The molecular formula is C12H25N. The third-order valence-electron chi connectivity index (χ3n) is 2.71. The average Bonchev–Trinajstić information content (AvgIpc) is 2.77. The fraction of sp³-hybridized carbons (Fsp3) is 1.00. The lowest BCUT2D eigenvalue weighted by Crippen LogP contribution is -2.21. The molecule has 0 radical (unpaired) electrons. The second-order valence-electron chi connectivity index (χ2n) is 5.65. The van der Waals surface area contributed by atoms with E-state index in [0.29, 0.717) is 5.41 Å². The zero-order valence-electron chi connectivity index (χ0n) is 9.53. The van der Waals surface area contributed by atoms with Gasteiger partial charge in [-0.2, -0.15) is 0 Å². The van der Waals surface area contributed by atoms with Crippen molar-refractivity contribution in [1.82, 2.24) is 5.32 Å². The van der Waals surface area contributed by atoms with Gasteiger partial charge in [0.2, 0.25) is 0 Å². The summed E-state index contributed by atoms with van der Waals surface area (Å²) in [7, 11) is 0. The van der Waals surface area contributed by atoms with E-state index in [9.17, 15) is 0 Å². The summed E-state index contributed by atoms with van der Waals surface area (Å²) in [5.74, 6) is 1.10. The molecule has 1 heteroatoms. The Morgan fingerprint density at radius 2 is 1.85 bits per heavy atom. The van der Waals surface area contributed by atoms with E-state index < -0.39 is 0 Å². The van der Waals surface area contributed by atoms with E-state index in [1.807, 2.05) is 0 Å². The van der Waals surface area contributed by atoms with E-state index in [2.05, 4.69) is 26.1 Å². The Morgan fingerprint density at radius 3 is 2.38 bits per heavy atom. The van der Waals surface area contributed by atoms with Crippen molar-refractivity contribution in [3.8, 4) is 0 Å². The molecule has 0 atom stereocenters. The first kappa shape index (κ1) is 11.0. The maximum Gasteiger partial charge on any atom is -0.00439 e. The molecule has 1 rings (SSSR count). The summed E-state index contributed by atoms with van der Waals surface area (Å²) in [5.41, 5.74) is 0.490. The van der Waals surface area contributed by atoms with E-state index >= 15 is 0 Å². The molecule has 0 bridgehead atoms. The quantitative estimate of drug-likeness (QED) is 0.624. The van der Waals surface area contributed by atoms with Crippen LogP contribution in [0, 0.1) is 11.3 Å². The topological polar surface area (TPSA) is 12.0 Å². The van der Waals surface area contributed by atoms with Crippen LogP contribution in [-0.2, 0) is 0 Å². The third kappa shape index (κ3) is 7.06. The minimum absolute atomic E-state index is 0.490. The standard InChI is InChI=1S/C12H25N/c1-12(2,3)8-10-13-9-4-5-11-6-7-11/h11,13H,4-10H2,1-3H3. The van der Waals surface area contributed by atoms with Gasteiger partial charge in [-0.05, 0) is 43.7 Å². The molecule has 0 aliphatic heterocycles. The van der Waals surface area contributed by atoms with Crippen LogP contribution < -0.4 is 5.32 Å². The lowest BCUT2D eigenvalue weighted by Gasteiger charge is -2.17. The van der Waals surface area contributed by atoms with Crippen LogP contribution in [0.5, 0.6) is 0 Å². The Kier molecular flexibility index (Phi) is 4.24. The van der Waals surface area contributed by atoms with Crippen molar-refractivity contribution >= 4 is 0 Å². The first-order chi connectivity index (χ1) is 6.08. The highest BCUT2D eigenvalue weighted by Crippen LogP contribution is 2.33. The van der Waals surface area contributed by atoms with E-state index in [0.717, 1.165) is 5.92 Å². The van der Waals surface area contributed by atoms with Gasteiger partial charge < -0.3 is 5.32 Å². The number of hydrogen-bond acceptors (Lipinski definition) is 1. The Balaban J connectivity index is 1.78. The summed E-state index contributed by atoms with van der Waals surface area (Å²) in [6.45, 7) is 9.33. The molecule has 0 saturated heterocycles. The fourth-order valence-electron chi connectivity index (χ4n) is 1.51. The van der Waals surface area contributed by atoms with Crippen LogP contribution in [0.25, 0.3) is 0 Å². The Labute approximate surface area is 83.3 Å². The normalized spacial score (nSPS) is 17.8. The van der Waals surface area contributed by atoms with Crippen molar-refractivity contribution in [2.45, 2.75) is 52.9 Å². The molecule has 1 aliphatic carbocycles. The molecule has 1 nitrogen and oxygen atoms in total. The highest BCUT2D eigenvalue weighted by Gasteiger charge is 2.19. The molecule has 1 saturated carbocycles. The molecule has 0 heterocycles. The first-order valence-electron chi connectivity index (χ1n) is 5.79. The third-order valence-corrected chi connectivity index (χ3v) is 2.71. The maximum absolute atomic E-state index is 3.53. The Morgan fingerprint density at radius 1 is 1.15 bits per heavy atom. The van der Waals surface area contributed by atoms with E-state index in [-0.39, 0.29) is 0 Å². The molecule has 0 amide bonds. The number of nitrogens with one attached hydrogen (secondary N) is 1. The summed E-state index contributed by atoms with van der Waals surface area (Å²) in [4.78, 5) is 0. The average molecular weight is 183 g/mol. The fourth-order valence-corrected chi connectivity index (χ4v) is 1.51. The molecule has 0 unspecified atom stereocenters. The zero-order valence-corrected chi connectivity index (χ0v) is 9.53. The smallest absolute Gasteiger partial charge is 0.00439 e. The molecule has 1 fully saturated rings. The highest BCUT2D eigenvalue weighted by atomic mass is 14.8. The molecule has 13 heavy (non-hydrogen) atoms. The summed E-state index contributed by atoms with van der Waals surface area (Å²) in [6.07, 6.45) is 7.14. The number of hydrogen-bond donors (Lipinski definition) is 1. The number of rotatable bonds is 6. The van der Waals surface area contributed by atoms with Crippen LogP contribution >= 0.6 is 0 Å². The Hall–Kier alpha value is -0.0400. The van der Waals surface area contributed by atoms with Gasteiger partial charge in [0.1, 0.15) is 0 Å². The lowest BCUT2D eigenvalue weighted by molar-refractivity contribution is 0.366. The highest BCUT2D eigenvalue weighted by molar-refractivity contribution is 4.73. The molecule has 78 valence electrons. The predicted octanol–water partition coefficient (Wildman–Crippen LogP) is 3.20. The minimum atomic E-state index is 0.490. The second kappa shape index (κ2) is 4.99. The van der Waals surface area contributed by atoms with E-state index in [4.69, 9.17) is 0 Å². The molecule has 0 spiro atoms. The molecule has 0 aromatic rings. The summed E-state index contributed by atoms with van der Waals surface area (Å²) in [5, 5.41) is 3.53. The van der Waals surface area contributed by atoms with Gasteiger partial charge in [0.05, 0.1) is 0 Å². The van der Waals surface area contributed by atoms with Gasteiger partial charge in [-0.15, -0.1) is 0 Å². The zero-order chi connectivity index (χ0) is 9.73. The van der Waals surface area contributed by atoms with Crippen molar-refractivity contribution in [3.63, 3.8) is 0 Å². The maximum atomic E-state index is 3.53. The second-order valence-corrected chi connectivity index (χ2v) is 5.65. The SMILES string of the molecule is CC(C)(C)CCNCCCC1CC1. The van der Waals surface area contributed by atoms with Gasteiger partial charge in [-0.25, -0.2) is 0 Å². The van der Waals surface area contributed by atoms with Crippen LogP contribution in [0.15, 0.2) is 0 Å². The van der Waals surface area contributed by atoms with Gasteiger partial charge in [0.25, 0.3) is 0 Å². The van der Waals surface area contributed by atoms with Crippen LogP contribution in [0.3, 0.4) is 0 Å². The predicted molar refractivity (Wildman–Crippen MR) is 58.9 cm³/mol. The van der Waals surface area contributed by atoms with Crippen LogP contribution in [0.2, 0.25) is 0 Å². The van der Waals surface area contributed by atoms with Gasteiger partial charge in [0, 0.05) is 0 Å². The molecule has 1 N–H and O–H groups in total. The summed E-state index contributed by atoms with van der Waals surface area (Å²) < 4.78 is 0. The van der Waals surface area contributed by atoms with E-state index in [1.165, 1.54) is 45.2 Å². The van der Waals surface area contributed by atoms with Gasteiger partial charge in [-0.3, -0.25) is 0 Å². The minimum Gasteiger partial charge on any atom is -0.317 e. The van der Waals surface area contributed by atoms with Gasteiger partial charge in [-0.1, -0.05) is 33.6 Å². The van der Waals surface area contributed by atoms with Crippen LogP contribution in [-0.4, -0.2) is 13.1 Å². The lowest BCUT2D eigenvalue weighted by atomic mass is 9.92. The Bertz CT molecular complexity index is 131. The summed E-state index contributed by atoms with van der Waals surface area (Å²) in [6, 6.07) is 0. The monoisotopic (exact) mass is 183 g/mol. The molecule has 0 aromatic heterocycles. The van der Waals surface area contributed by atoms with Crippen molar-refractivity contribution in [1.29, 1.82) is 0 Å². The van der Waals surface area contributed by atoms with Crippen molar-refractivity contribution < 1.29 is 0 Å². The van der Waals surface area contributed by atoms with Crippen LogP contribution in [0.1, 0.15) is 52.9 Å². The summed E-state index contributed by atoms with van der Waals surface area (Å²) >= 11 is 0. The molecule has 0 aromatic carbocycles. The first-order valence-corrected chi connectivity index (χ1v) is 5.79. The van der Waals surface area contributed by atoms with Gasteiger partial charge >= 0.3 is 0 Å². The van der Waals surface area contributed by atoms with Crippen molar-refractivity contribution in [2.75, 3.05) is 13.1 Å². The van der Waals surface area contributed by atoms with E-state index in [1.54, 1.807) is 0 Å².